The second kappa shape index (κ2) is 3.81. The average molecular weight is 209 g/mol. The molecule has 1 saturated heterocycles. The summed E-state index contributed by atoms with van der Waals surface area (Å²) < 4.78 is 18.9. The Hall–Kier alpha value is -1.09. The predicted molar refractivity (Wildman–Crippen MR) is 57.9 cm³/mol. The average Bonchev–Trinajstić information content (AvgIpc) is 2.59. The summed E-state index contributed by atoms with van der Waals surface area (Å²) in [6.07, 6.45) is 0.507. The molecule has 0 saturated carbocycles. The molecule has 1 aromatic carbocycles. The highest BCUT2D eigenvalue weighted by molar-refractivity contribution is 5.36. The minimum atomic E-state index is -1.11. The Kier molecular flexibility index (Phi) is 2.65. The largest absolute Gasteiger partial charge is 0.496 e. The number of para-hydroxylation sites is 1. The topological polar surface area (TPSA) is 21.3 Å². The van der Waals surface area contributed by atoms with Crippen molar-refractivity contribution < 1.29 is 9.13 Å². The Morgan fingerprint density at radius 3 is 2.80 bits per heavy atom. The van der Waals surface area contributed by atoms with Crippen molar-refractivity contribution in [1.29, 1.82) is 0 Å². The zero-order valence-electron chi connectivity index (χ0n) is 9.09. The summed E-state index contributed by atoms with van der Waals surface area (Å²) in [4.78, 5) is 0. The van der Waals surface area contributed by atoms with Crippen LogP contribution >= 0.6 is 0 Å². The van der Waals surface area contributed by atoms with Gasteiger partial charge in [0.25, 0.3) is 0 Å². The van der Waals surface area contributed by atoms with Gasteiger partial charge in [0.1, 0.15) is 11.4 Å². The van der Waals surface area contributed by atoms with Crippen LogP contribution in [0.4, 0.5) is 4.39 Å². The van der Waals surface area contributed by atoms with Crippen molar-refractivity contribution in [1.82, 2.24) is 5.32 Å². The molecule has 0 aromatic heterocycles. The van der Waals surface area contributed by atoms with Crippen molar-refractivity contribution in [2.45, 2.75) is 25.1 Å². The lowest BCUT2D eigenvalue weighted by Crippen LogP contribution is -2.21. The maximum atomic E-state index is 13.7. The maximum absolute atomic E-state index is 13.7. The molecule has 1 N–H and O–H groups in total. The lowest BCUT2D eigenvalue weighted by molar-refractivity contribution is 0.213. The van der Waals surface area contributed by atoms with Crippen LogP contribution in [0.25, 0.3) is 0 Å². The van der Waals surface area contributed by atoms with Crippen LogP contribution in [0, 0.1) is 0 Å². The van der Waals surface area contributed by atoms with Crippen LogP contribution in [0.2, 0.25) is 0 Å². The molecule has 1 aliphatic rings. The summed E-state index contributed by atoms with van der Waals surface area (Å²) in [6.45, 7) is 2.05. The van der Waals surface area contributed by atoms with E-state index in [0.29, 0.717) is 13.0 Å². The van der Waals surface area contributed by atoms with Crippen LogP contribution in [-0.4, -0.2) is 19.3 Å². The third kappa shape index (κ3) is 2.12. The molecular weight excluding hydrogens is 193 g/mol. The van der Waals surface area contributed by atoms with Crippen molar-refractivity contribution >= 4 is 0 Å². The smallest absolute Gasteiger partial charge is 0.123 e. The Morgan fingerprint density at radius 1 is 1.47 bits per heavy atom. The van der Waals surface area contributed by atoms with E-state index in [4.69, 9.17) is 4.74 Å². The quantitative estimate of drug-likeness (QED) is 0.807. The van der Waals surface area contributed by atoms with Crippen LogP contribution in [0.1, 0.15) is 24.9 Å². The second-order valence-electron chi connectivity index (χ2n) is 4.29. The number of hydrogen-bond donors (Lipinski definition) is 1. The third-order valence-electron chi connectivity index (χ3n) is 2.86. The summed E-state index contributed by atoms with van der Waals surface area (Å²) in [5.41, 5.74) is -0.0627. The molecule has 2 unspecified atom stereocenters. The maximum Gasteiger partial charge on any atom is 0.123 e. The monoisotopic (exact) mass is 209 g/mol. The standard InChI is InChI=1S/C12H16FNO/c1-12(13)7-10(14-8-12)9-5-3-4-6-11(9)15-2/h3-6,10,14H,7-8H2,1-2H3. The third-order valence-corrected chi connectivity index (χ3v) is 2.86. The molecule has 82 valence electrons. The molecule has 2 nitrogen and oxygen atoms in total. The van der Waals surface area contributed by atoms with Gasteiger partial charge in [-0.3, -0.25) is 0 Å². The zero-order chi connectivity index (χ0) is 10.9. The van der Waals surface area contributed by atoms with Gasteiger partial charge in [0, 0.05) is 24.6 Å². The molecule has 15 heavy (non-hydrogen) atoms. The molecule has 1 aliphatic heterocycles. The number of nitrogens with one attached hydrogen (secondary N) is 1. The van der Waals surface area contributed by atoms with Gasteiger partial charge >= 0.3 is 0 Å². The molecule has 0 spiro atoms. The minimum absolute atomic E-state index is 0.0659. The van der Waals surface area contributed by atoms with E-state index < -0.39 is 5.67 Å². The summed E-state index contributed by atoms with van der Waals surface area (Å²) >= 11 is 0. The lowest BCUT2D eigenvalue weighted by Gasteiger charge is -2.15. The molecule has 2 rings (SSSR count). The van der Waals surface area contributed by atoms with E-state index in [0.717, 1.165) is 11.3 Å². The Labute approximate surface area is 89.4 Å². The van der Waals surface area contributed by atoms with E-state index in [1.165, 1.54) is 0 Å². The molecule has 1 heterocycles. The van der Waals surface area contributed by atoms with Gasteiger partial charge in [0.05, 0.1) is 7.11 Å². The van der Waals surface area contributed by atoms with Gasteiger partial charge in [0.2, 0.25) is 0 Å². The minimum Gasteiger partial charge on any atom is -0.496 e. The lowest BCUT2D eigenvalue weighted by atomic mass is 9.99. The van der Waals surface area contributed by atoms with Gasteiger partial charge in [-0.05, 0) is 13.0 Å². The Bertz CT molecular complexity index is 351. The normalized spacial score (nSPS) is 30.5. The fourth-order valence-corrected chi connectivity index (χ4v) is 2.08. The van der Waals surface area contributed by atoms with Crippen LogP contribution < -0.4 is 10.1 Å². The SMILES string of the molecule is COc1ccccc1C1CC(C)(F)CN1. The Morgan fingerprint density at radius 2 is 2.20 bits per heavy atom. The van der Waals surface area contributed by atoms with Crippen molar-refractivity contribution in [3.05, 3.63) is 29.8 Å². The van der Waals surface area contributed by atoms with Crippen LogP contribution in [-0.2, 0) is 0 Å². The van der Waals surface area contributed by atoms with Gasteiger partial charge in [0.15, 0.2) is 0 Å². The fourth-order valence-electron chi connectivity index (χ4n) is 2.08. The number of hydrogen-bond acceptors (Lipinski definition) is 2. The van der Waals surface area contributed by atoms with E-state index in [2.05, 4.69) is 5.32 Å². The summed E-state index contributed by atoms with van der Waals surface area (Å²) in [5.74, 6) is 0.827. The van der Waals surface area contributed by atoms with E-state index in [9.17, 15) is 4.39 Å². The number of alkyl halides is 1. The first-order valence-electron chi connectivity index (χ1n) is 5.17. The van der Waals surface area contributed by atoms with Crippen LogP contribution in [0.5, 0.6) is 5.75 Å². The van der Waals surface area contributed by atoms with Crippen molar-refractivity contribution in [3.63, 3.8) is 0 Å². The first-order valence-corrected chi connectivity index (χ1v) is 5.17. The highest BCUT2D eigenvalue weighted by atomic mass is 19.1. The molecule has 0 radical (unpaired) electrons. The molecule has 2 atom stereocenters. The zero-order valence-corrected chi connectivity index (χ0v) is 9.09. The number of benzene rings is 1. The molecule has 1 fully saturated rings. The van der Waals surface area contributed by atoms with E-state index in [-0.39, 0.29) is 6.04 Å². The molecular formula is C12H16FNO. The van der Waals surface area contributed by atoms with Gasteiger partial charge in [-0.1, -0.05) is 18.2 Å². The Balaban J connectivity index is 2.23. The van der Waals surface area contributed by atoms with E-state index in [1.807, 2.05) is 24.3 Å². The number of ether oxygens (including phenoxy) is 1. The highest BCUT2D eigenvalue weighted by Gasteiger charge is 2.36. The van der Waals surface area contributed by atoms with Crippen molar-refractivity contribution in [2.75, 3.05) is 13.7 Å². The van der Waals surface area contributed by atoms with Gasteiger partial charge < -0.3 is 10.1 Å². The van der Waals surface area contributed by atoms with Gasteiger partial charge in [-0.2, -0.15) is 0 Å². The number of methoxy groups -OCH3 is 1. The van der Waals surface area contributed by atoms with E-state index >= 15 is 0 Å². The first kappa shape index (κ1) is 10.4. The summed E-state index contributed by atoms with van der Waals surface area (Å²) in [5, 5.41) is 3.18. The highest BCUT2D eigenvalue weighted by Crippen LogP contribution is 2.36. The second-order valence-corrected chi connectivity index (χ2v) is 4.29. The van der Waals surface area contributed by atoms with Crippen molar-refractivity contribution in [3.8, 4) is 5.75 Å². The van der Waals surface area contributed by atoms with Crippen LogP contribution in [0.15, 0.2) is 24.3 Å². The molecule has 3 heteroatoms. The number of rotatable bonds is 2. The first-order chi connectivity index (χ1) is 7.12. The number of halogens is 1. The predicted octanol–water partition coefficient (Wildman–Crippen LogP) is 2.46. The van der Waals surface area contributed by atoms with Gasteiger partial charge in [-0.25, -0.2) is 4.39 Å². The fraction of sp³-hybridized carbons (Fsp3) is 0.500. The van der Waals surface area contributed by atoms with Gasteiger partial charge in [-0.15, -0.1) is 0 Å². The summed E-state index contributed by atoms with van der Waals surface area (Å²) in [7, 11) is 1.64. The molecule has 0 bridgehead atoms. The van der Waals surface area contributed by atoms with Crippen molar-refractivity contribution in [2.24, 2.45) is 0 Å². The molecule has 0 aliphatic carbocycles. The summed E-state index contributed by atoms with van der Waals surface area (Å²) in [6, 6.07) is 7.83. The van der Waals surface area contributed by atoms with E-state index in [1.54, 1.807) is 14.0 Å². The van der Waals surface area contributed by atoms with Crippen LogP contribution in [0.3, 0.4) is 0 Å². The molecule has 0 amide bonds. The molecule has 1 aromatic rings.